The molecule has 3 fully saturated rings. The largest absolute Gasteiger partial charge is 0.356 e. The minimum absolute atomic E-state index is 0. The number of rotatable bonds is 2. The van der Waals surface area contributed by atoms with Crippen molar-refractivity contribution in [3.63, 3.8) is 0 Å². The van der Waals surface area contributed by atoms with E-state index in [9.17, 15) is 4.79 Å². The van der Waals surface area contributed by atoms with E-state index in [1.165, 1.54) is 25.7 Å². The molecule has 3 aliphatic heterocycles. The summed E-state index contributed by atoms with van der Waals surface area (Å²) in [7, 11) is 0. The molecule has 2 bridgehead atoms. The van der Waals surface area contributed by atoms with Crippen LogP contribution in [0.15, 0.2) is 18.3 Å². The molecule has 0 aliphatic carbocycles. The summed E-state index contributed by atoms with van der Waals surface area (Å²) < 4.78 is 0. The molecule has 0 radical (unpaired) electrons. The van der Waals surface area contributed by atoms with Gasteiger partial charge in [0.2, 0.25) is 0 Å². The molecule has 0 saturated carbocycles. The Labute approximate surface area is 156 Å². The van der Waals surface area contributed by atoms with E-state index in [1.54, 1.807) is 6.20 Å². The van der Waals surface area contributed by atoms with Gasteiger partial charge in [0.15, 0.2) is 0 Å². The van der Waals surface area contributed by atoms with Gasteiger partial charge in [0.25, 0.3) is 5.91 Å². The fourth-order valence-electron chi connectivity index (χ4n) is 4.04. The first kappa shape index (κ1) is 19.3. The highest BCUT2D eigenvalue weighted by atomic mass is 35.5. The van der Waals surface area contributed by atoms with Gasteiger partial charge in [-0.15, -0.1) is 24.8 Å². The summed E-state index contributed by atoms with van der Waals surface area (Å²) in [6, 6.07) is 4.91. The van der Waals surface area contributed by atoms with Crippen molar-refractivity contribution in [1.29, 1.82) is 0 Å². The molecule has 1 N–H and O–H groups in total. The number of hydrogen-bond donors (Lipinski definition) is 1. The van der Waals surface area contributed by atoms with E-state index in [2.05, 4.69) is 15.2 Å². The van der Waals surface area contributed by atoms with Gasteiger partial charge >= 0.3 is 0 Å². The van der Waals surface area contributed by atoms with Crippen molar-refractivity contribution in [3.8, 4) is 0 Å². The van der Waals surface area contributed by atoms with Gasteiger partial charge in [-0.05, 0) is 44.2 Å². The van der Waals surface area contributed by atoms with Crippen LogP contribution in [0.4, 0.5) is 5.82 Å². The van der Waals surface area contributed by atoms with Crippen LogP contribution in [0.1, 0.15) is 42.5 Å². The second kappa shape index (κ2) is 8.37. The number of fused-ring (bicyclic) bond motifs is 2. The third-order valence-electron chi connectivity index (χ3n) is 5.23. The number of anilines is 1. The quantitative estimate of drug-likeness (QED) is 0.866. The number of carbonyl (C=O) groups is 1. The second-order valence-electron chi connectivity index (χ2n) is 6.75. The fourth-order valence-corrected chi connectivity index (χ4v) is 4.04. The standard InChI is InChI=1S/C17H24N4O.2ClH/c22-17(21-11-7-13-5-6-14(12-21)19-13)15-4-3-8-18-16(15)20-9-1-2-10-20;;/h3-4,8,13-14,19H,1-2,5-7,9-12H2;2*1H. The van der Waals surface area contributed by atoms with E-state index in [1.807, 2.05) is 17.0 Å². The zero-order valence-corrected chi connectivity index (χ0v) is 15.5. The Hall–Kier alpha value is -1.04. The number of hydrogen-bond acceptors (Lipinski definition) is 4. The molecule has 3 aliphatic rings. The highest BCUT2D eigenvalue weighted by Crippen LogP contribution is 2.26. The van der Waals surface area contributed by atoms with E-state index in [0.717, 1.165) is 44.0 Å². The third-order valence-corrected chi connectivity index (χ3v) is 5.23. The van der Waals surface area contributed by atoms with Crippen molar-refractivity contribution in [1.82, 2.24) is 15.2 Å². The van der Waals surface area contributed by atoms with Crippen LogP contribution >= 0.6 is 24.8 Å². The van der Waals surface area contributed by atoms with Gasteiger partial charge in [0.1, 0.15) is 5.82 Å². The van der Waals surface area contributed by atoms with Gasteiger partial charge in [-0.3, -0.25) is 4.79 Å². The lowest BCUT2D eigenvalue weighted by atomic mass is 10.1. The van der Waals surface area contributed by atoms with Gasteiger partial charge < -0.3 is 15.1 Å². The van der Waals surface area contributed by atoms with Crippen molar-refractivity contribution in [2.75, 3.05) is 31.1 Å². The maximum absolute atomic E-state index is 13.0. The first-order valence-electron chi connectivity index (χ1n) is 8.56. The molecule has 1 amide bonds. The molecule has 4 rings (SSSR count). The maximum Gasteiger partial charge on any atom is 0.257 e. The molecule has 4 heterocycles. The average Bonchev–Trinajstić information content (AvgIpc) is 3.16. The number of pyridine rings is 1. The first-order valence-corrected chi connectivity index (χ1v) is 8.56. The number of carbonyl (C=O) groups excluding carboxylic acids is 1. The minimum Gasteiger partial charge on any atom is -0.356 e. The smallest absolute Gasteiger partial charge is 0.257 e. The predicted octanol–water partition coefficient (Wildman–Crippen LogP) is 2.49. The van der Waals surface area contributed by atoms with Gasteiger partial charge in [0, 0.05) is 44.5 Å². The summed E-state index contributed by atoms with van der Waals surface area (Å²) in [4.78, 5) is 21.8. The summed E-state index contributed by atoms with van der Waals surface area (Å²) in [5, 5.41) is 3.64. The van der Waals surface area contributed by atoms with Crippen LogP contribution < -0.4 is 10.2 Å². The molecule has 5 nitrogen and oxygen atoms in total. The van der Waals surface area contributed by atoms with E-state index in [-0.39, 0.29) is 30.7 Å². The van der Waals surface area contributed by atoms with Crippen LogP contribution in [-0.4, -0.2) is 54.1 Å². The third kappa shape index (κ3) is 3.79. The van der Waals surface area contributed by atoms with Crippen molar-refractivity contribution in [2.45, 2.75) is 44.2 Å². The van der Waals surface area contributed by atoms with E-state index >= 15 is 0 Å². The molecule has 3 saturated heterocycles. The molecular formula is C17H26Cl2N4O. The number of nitrogens with one attached hydrogen (secondary N) is 1. The van der Waals surface area contributed by atoms with E-state index < -0.39 is 0 Å². The Kier molecular flexibility index (Phi) is 6.72. The molecule has 2 unspecified atom stereocenters. The van der Waals surface area contributed by atoms with Gasteiger partial charge in [-0.1, -0.05) is 0 Å². The second-order valence-corrected chi connectivity index (χ2v) is 6.75. The number of likely N-dealkylation sites (tertiary alicyclic amines) is 1. The minimum atomic E-state index is 0. The lowest BCUT2D eigenvalue weighted by Crippen LogP contribution is -2.39. The van der Waals surface area contributed by atoms with Crippen molar-refractivity contribution in [3.05, 3.63) is 23.9 Å². The molecule has 7 heteroatoms. The summed E-state index contributed by atoms with van der Waals surface area (Å²) >= 11 is 0. The lowest BCUT2D eigenvalue weighted by molar-refractivity contribution is 0.0748. The molecule has 24 heavy (non-hydrogen) atoms. The Balaban J connectivity index is 0.00000104. The molecule has 1 aromatic rings. The van der Waals surface area contributed by atoms with Gasteiger partial charge in [0.05, 0.1) is 5.56 Å². The number of aromatic nitrogens is 1. The SMILES string of the molecule is Cl.Cl.O=C(c1cccnc1N1CCCC1)N1CCC2CCC(C1)N2. The number of halogens is 2. The summed E-state index contributed by atoms with van der Waals surface area (Å²) in [6.45, 7) is 3.73. The molecule has 1 aromatic heterocycles. The summed E-state index contributed by atoms with van der Waals surface area (Å²) in [5.41, 5.74) is 0.780. The Morgan fingerprint density at radius 3 is 2.62 bits per heavy atom. The number of amides is 1. The predicted molar refractivity (Wildman–Crippen MR) is 101 cm³/mol. The number of nitrogens with zero attached hydrogens (tertiary/aromatic N) is 3. The van der Waals surface area contributed by atoms with Crippen LogP contribution in [0.5, 0.6) is 0 Å². The summed E-state index contributed by atoms with van der Waals surface area (Å²) in [5.74, 6) is 1.04. The fraction of sp³-hybridized carbons (Fsp3) is 0.647. The van der Waals surface area contributed by atoms with Crippen LogP contribution in [0.2, 0.25) is 0 Å². The molecule has 0 aromatic carbocycles. The Bertz CT molecular complexity index is 565. The topological polar surface area (TPSA) is 48.5 Å². The van der Waals surface area contributed by atoms with Crippen molar-refractivity contribution >= 4 is 36.5 Å². The zero-order chi connectivity index (χ0) is 14.9. The average molecular weight is 373 g/mol. The molecule has 2 atom stereocenters. The zero-order valence-electron chi connectivity index (χ0n) is 13.8. The highest BCUT2D eigenvalue weighted by Gasteiger charge is 2.32. The first-order chi connectivity index (χ1) is 10.8. The van der Waals surface area contributed by atoms with E-state index in [0.29, 0.717) is 12.1 Å². The van der Waals surface area contributed by atoms with Crippen LogP contribution in [0, 0.1) is 0 Å². The molecular weight excluding hydrogens is 347 g/mol. The van der Waals surface area contributed by atoms with Crippen molar-refractivity contribution in [2.24, 2.45) is 0 Å². The van der Waals surface area contributed by atoms with Crippen LogP contribution in [-0.2, 0) is 0 Å². The molecule has 0 spiro atoms. The van der Waals surface area contributed by atoms with E-state index in [4.69, 9.17) is 0 Å². The van der Waals surface area contributed by atoms with Crippen molar-refractivity contribution < 1.29 is 4.79 Å². The van der Waals surface area contributed by atoms with Gasteiger partial charge in [-0.25, -0.2) is 4.98 Å². The Morgan fingerprint density at radius 1 is 1.08 bits per heavy atom. The maximum atomic E-state index is 13.0. The van der Waals surface area contributed by atoms with Crippen LogP contribution in [0.3, 0.4) is 0 Å². The highest BCUT2D eigenvalue weighted by molar-refractivity contribution is 5.99. The lowest BCUT2D eigenvalue weighted by Gasteiger charge is -2.26. The van der Waals surface area contributed by atoms with Gasteiger partial charge in [-0.2, -0.15) is 0 Å². The van der Waals surface area contributed by atoms with Crippen LogP contribution in [0.25, 0.3) is 0 Å². The summed E-state index contributed by atoms with van der Waals surface area (Å²) in [6.07, 6.45) is 7.72. The Morgan fingerprint density at radius 2 is 1.83 bits per heavy atom. The monoisotopic (exact) mass is 372 g/mol. The normalized spacial score (nSPS) is 25.7. The molecule has 134 valence electrons.